The average molecular weight is 1360 g/mol. The van der Waals surface area contributed by atoms with Crippen molar-refractivity contribution in [1.29, 1.82) is 0 Å². The van der Waals surface area contributed by atoms with E-state index in [9.17, 15) is 19.5 Å². The van der Waals surface area contributed by atoms with Crippen LogP contribution < -0.4 is 0 Å². The molecule has 0 aromatic rings. The summed E-state index contributed by atoms with van der Waals surface area (Å²) in [6.07, 6.45) is 104. The van der Waals surface area contributed by atoms with Crippen LogP contribution in [0.15, 0.2) is 72.9 Å². The number of rotatable bonds is 79. The van der Waals surface area contributed by atoms with E-state index in [0.29, 0.717) is 17.4 Å². The Kier molecular flexibility index (Phi) is 75.8. The predicted octanol–water partition coefficient (Wildman–Crippen LogP) is 27.2. The molecule has 9 heteroatoms. The number of hydrogen-bond acceptors (Lipinski definition) is 7. The Bertz CT molecular complexity index is 1830. The van der Waals surface area contributed by atoms with E-state index in [1.54, 1.807) is 0 Å². The van der Waals surface area contributed by atoms with E-state index >= 15 is 0 Å². The average Bonchev–Trinajstić information content (AvgIpc) is 2.39. The van der Waals surface area contributed by atoms with Crippen molar-refractivity contribution < 1.29 is 42.9 Å². The van der Waals surface area contributed by atoms with Crippen molar-refractivity contribution in [2.24, 2.45) is 0 Å². The van der Waals surface area contributed by atoms with E-state index in [-0.39, 0.29) is 38.2 Å². The summed E-state index contributed by atoms with van der Waals surface area (Å²) in [5.74, 6) is -1.97. The van der Waals surface area contributed by atoms with Crippen LogP contribution in [0, 0.1) is 0 Å². The number of carbonyl (C=O) groups is 3. The van der Waals surface area contributed by atoms with E-state index in [1.165, 1.54) is 315 Å². The highest BCUT2D eigenvalue weighted by molar-refractivity contribution is 5.71. The number of quaternary nitrogens is 1. The number of hydrogen-bond donors (Lipinski definition) is 1. The predicted molar refractivity (Wildman–Crippen MR) is 420 cm³/mol. The summed E-state index contributed by atoms with van der Waals surface area (Å²) in [6.45, 7) is 4.83. The molecule has 0 radical (unpaired) electrons. The van der Waals surface area contributed by atoms with Crippen molar-refractivity contribution >= 4 is 17.9 Å². The quantitative estimate of drug-likeness (QED) is 0.0211. The van der Waals surface area contributed by atoms with Crippen LogP contribution in [-0.2, 0) is 33.3 Å². The number of carboxylic acids is 1. The molecule has 0 spiro atoms. The zero-order valence-electron chi connectivity index (χ0n) is 65.0. The van der Waals surface area contributed by atoms with Gasteiger partial charge in [0, 0.05) is 12.8 Å². The minimum Gasteiger partial charge on any atom is -0.477 e. The first-order valence-corrected chi connectivity index (χ1v) is 42.1. The molecular weight excluding hydrogens is 1200 g/mol. The van der Waals surface area contributed by atoms with Gasteiger partial charge in [0.2, 0.25) is 0 Å². The number of esters is 2. The molecule has 97 heavy (non-hydrogen) atoms. The Morgan fingerprint density at radius 2 is 0.588 bits per heavy atom. The number of allylic oxidation sites excluding steroid dienone is 12. The molecule has 0 bridgehead atoms. The molecule has 0 aliphatic rings. The third-order valence-corrected chi connectivity index (χ3v) is 18.9. The Morgan fingerprint density at radius 1 is 0.320 bits per heavy atom. The summed E-state index contributed by atoms with van der Waals surface area (Å²) in [5.41, 5.74) is 0. The summed E-state index contributed by atoms with van der Waals surface area (Å²) in [7, 11) is 6.00. The molecule has 2 unspecified atom stereocenters. The van der Waals surface area contributed by atoms with E-state index in [4.69, 9.17) is 18.9 Å². The fraction of sp³-hybridized carbons (Fsp3) is 0.830. The smallest absolute Gasteiger partial charge is 0.361 e. The number of likely N-dealkylation sites (N-methyl/N-ethyl adjacent to an activating group) is 1. The van der Waals surface area contributed by atoms with Crippen LogP contribution in [0.25, 0.3) is 0 Å². The lowest BCUT2D eigenvalue weighted by atomic mass is 10.0. The van der Waals surface area contributed by atoms with Gasteiger partial charge < -0.3 is 28.5 Å². The number of carbonyl (C=O) groups excluding carboxylic acids is 2. The third kappa shape index (κ3) is 79.9. The molecule has 2 atom stereocenters. The maximum Gasteiger partial charge on any atom is 0.361 e. The molecule has 0 saturated heterocycles. The summed E-state index contributed by atoms with van der Waals surface area (Å²) in [4.78, 5) is 37.8. The minimum atomic E-state index is -1.51. The van der Waals surface area contributed by atoms with Gasteiger partial charge in [-0.2, -0.15) is 0 Å². The molecule has 0 fully saturated rings. The van der Waals surface area contributed by atoms with E-state index < -0.39 is 18.4 Å². The second-order valence-electron chi connectivity index (χ2n) is 29.8. The Hall–Kier alpha value is -3.27. The summed E-state index contributed by atoms with van der Waals surface area (Å²) in [5, 5.41) is 9.78. The number of unbranched alkanes of at least 4 members (excludes halogenated alkanes) is 52. The normalized spacial score (nSPS) is 13.0. The highest BCUT2D eigenvalue weighted by Gasteiger charge is 2.25. The molecule has 0 aromatic heterocycles. The van der Waals surface area contributed by atoms with Crippen LogP contribution in [0.3, 0.4) is 0 Å². The molecule has 0 amide bonds. The lowest BCUT2D eigenvalue weighted by molar-refractivity contribution is -0.870. The maximum absolute atomic E-state index is 13.0. The van der Waals surface area contributed by atoms with Gasteiger partial charge in [-0.1, -0.05) is 389 Å². The first kappa shape index (κ1) is 93.7. The number of carboxylic acid groups (broad SMARTS) is 1. The largest absolute Gasteiger partial charge is 0.477 e. The van der Waals surface area contributed by atoms with Crippen LogP contribution in [0.4, 0.5) is 0 Å². The van der Waals surface area contributed by atoms with Gasteiger partial charge in [0.1, 0.15) is 13.2 Å². The molecule has 0 rings (SSSR count). The molecular formula is C88H162NO8+. The zero-order valence-corrected chi connectivity index (χ0v) is 65.0. The fourth-order valence-electron chi connectivity index (χ4n) is 12.6. The lowest BCUT2D eigenvalue weighted by Gasteiger charge is -2.25. The molecule has 0 saturated carbocycles. The highest BCUT2D eigenvalue weighted by atomic mass is 16.7. The second kappa shape index (κ2) is 78.4. The summed E-state index contributed by atoms with van der Waals surface area (Å²) < 4.78 is 23.1. The van der Waals surface area contributed by atoms with Gasteiger partial charge in [-0.3, -0.25) is 9.59 Å². The Labute approximate surface area is 602 Å². The van der Waals surface area contributed by atoms with E-state index in [2.05, 4.69) is 86.8 Å². The first-order chi connectivity index (χ1) is 47.6. The van der Waals surface area contributed by atoms with E-state index in [1.807, 2.05) is 21.1 Å². The van der Waals surface area contributed by atoms with Crippen molar-refractivity contribution in [2.75, 3.05) is 47.5 Å². The van der Waals surface area contributed by atoms with Crippen LogP contribution in [0.1, 0.15) is 412 Å². The van der Waals surface area contributed by atoms with Crippen molar-refractivity contribution in [3.63, 3.8) is 0 Å². The van der Waals surface area contributed by atoms with Crippen molar-refractivity contribution in [2.45, 2.75) is 424 Å². The van der Waals surface area contributed by atoms with Crippen LogP contribution in [0.2, 0.25) is 0 Å². The summed E-state index contributed by atoms with van der Waals surface area (Å²) >= 11 is 0. The van der Waals surface area contributed by atoms with E-state index in [0.717, 1.165) is 70.6 Å². The molecule has 0 aliphatic carbocycles. The molecule has 1 N–H and O–H groups in total. The maximum atomic E-state index is 13.0. The summed E-state index contributed by atoms with van der Waals surface area (Å²) in [6, 6.07) is 0. The first-order valence-electron chi connectivity index (χ1n) is 42.1. The van der Waals surface area contributed by atoms with Gasteiger partial charge in [0.05, 0.1) is 34.4 Å². The van der Waals surface area contributed by atoms with Crippen LogP contribution >= 0.6 is 0 Å². The molecule has 0 aromatic carbocycles. The highest BCUT2D eigenvalue weighted by Crippen LogP contribution is 2.20. The van der Waals surface area contributed by atoms with Crippen LogP contribution in [-0.4, -0.2) is 87.4 Å². The van der Waals surface area contributed by atoms with Gasteiger partial charge in [0.25, 0.3) is 6.29 Å². The second-order valence-corrected chi connectivity index (χ2v) is 29.8. The van der Waals surface area contributed by atoms with Gasteiger partial charge in [-0.05, 0) is 83.5 Å². The molecule has 0 aliphatic heterocycles. The van der Waals surface area contributed by atoms with Crippen molar-refractivity contribution in [1.82, 2.24) is 0 Å². The standard InChI is InChI=1S/C88H161NO8/c1-6-8-10-12-14-16-18-20-22-24-26-28-30-32-34-36-38-40-41-42-43-44-45-47-49-51-53-55-57-59-61-63-65-67-69-71-73-75-77-79-86(91)97-84(83-96-88(87(92)93)94-81-80-89(3,4)5)82-95-85(90)78-76-74-72-70-68-66-64-62-60-58-56-54-52-50-48-46-39-37-35-33-31-29-27-25-23-21-19-17-15-13-11-9-7-2/h8,10,14,16,20,22,25-28,32,34,84,88H,6-7,9,11-13,15,17-19,21,23-24,29-31,33,35-83H2,1-5H3/p+1/b10-8-,16-14-,22-20-,27-25-,28-26-,34-32-. The molecule has 9 nitrogen and oxygen atoms in total. The lowest BCUT2D eigenvalue weighted by Crippen LogP contribution is -2.40. The van der Waals surface area contributed by atoms with Gasteiger partial charge >= 0.3 is 17.9 Å². The molecule has 0 heterocycles. The number of aliphatic carboxylic acids is 1. The van der Waals surface area contributed by atoms with Gasteiger partial charge in [-0.15, -0.1) is 0 Å². The topological polar surface area (TPSA) is 108 Å². The van der Waals surface area contributed by atoms with Crippen molar-refractivity contribution in [3.05, 3.63) is 72.9 Å². The third-order valence-electron chi connectivity index (χ3n) is 18.9. The van der Waals surface area contributed by atoms with Gasteiger partial charge in [-0.25, -0.2) is 4.79 Å². The zero-order chi connectivity index (χ0) is 70.4. The monoisotopic (exact) mass is 1360 g/mol. The van der Waals surface area contributed by atoms with Crippen LogP contribution in [0.5, 0.6) is 0 Å². The minimum absolute atomic E-state index is 0.177. The van der Waals surface area contributed by atoms with Crippen molar-refractivity contribution in [3.8, 4) is 0 Å². The number of ether oxygens (including phenoxy) is 4. The fourth-order valence-corrected chi connectivity index (χ4v) is 12.6. The number of nitrogens with zero attached hydrogens (tertiary/aromatic N) is 1. The SMILES string of the molecule is CC/C=C\C/C=C\C/C=C\C/C=C\C/C=C\CCCCCCCCCCCCCCCCCCCCCCCCCC(=O)OC(COC(=O)CCCCCCCCCCCCCCCCCCCCCCC/C=C\CCCCCCCCCC)COC(OCC[N+](C)(C)C)C(=O)O. The Morgan fingerprint density at radius 3 is 0.887 bits per heavy atom. The Balaban J connectivity index is 3.95. The van der Waals surface area contributed by atoms with Gasteiger partial charge in [0.15, 0.2) is 6.10 Å². The molecule has 566 valence electrons.